The normalized spacial score (nSPS) is 10.9. The summed E-state index contributed by atoms with van der Waals surface area (Å²) in [6, 6.07) is 12.3. The minimum Gasteiger partial charge on any atom is -0.453 e. The molecule has 100 valence electrons. The standard InChI is InChI=1S/C16H12ClNO2/c1-9-2-4-13(18)12(6-9)16(19)15-8-10-7-11(17)3-5-14(10)20-15/h2-8H,18H2,1H3. The van der Waals surface area contributed by atoms with Crippen LogP contribution in [-0.4, -0.2) is 5.78 Å². The fourth-order valence-corrected chi connectivity index (χ4v) is 2.31. The number of halogens is 1. The van der Waals surface area contributed by atoms with Crippen molar-refractivity contribution in [3.8, 4) is 0 Å². The Kier molecular flexibility index (Phi) is 2.99. The third-order valence-corrected chi connectivity index (χ3v) is 3.39. The summed E-state index contributed by atoms with van der Waals surface area (Å²) in [6.45, 7) is 1.91. The first-order chi connectivity index (χ1) is 9.54. The van der Waals surface area contributed by atoms with Crippen molar-refractivity contribution >= 4 is 34.0 Å². The molecule has 1 aromatic heterocycles. The molecule has 3 nitrogen and oxygen atoms in total. The molecule has 4 heteroatoms. The van der Waals surface area contributed by atoms with Crippen molar-refractivity contribution in [2.24, 2.45) is 0 Å². The molecule has 1 heterocycles. The number of nitrogen functional groups attached to an aromatic ring is 1. The number of nitrogens with two attached hydrogens (primary N) is 1. The molecule has 0 unspecified atom stereocenters. The summed E-state index contributed by atoms with van der Waals surface area (Å²) >= 11 is 5.92. The van der Waals surface area contributed by atoms with Gasteiger partial charge in [-0.25, -0.2) is 0 Å². The summed E-state index contributed by atoms with van der Waals surface area (Å²) in [5, 5.41) is 1.40. The van der Waals surface area contributed by atoms with E-state index in [-0.39, 0.29) is 11.5 Å². The second kappa shape index (κ2) is 4.69. The molecule has 3 rings (SSSR count). The van der Waals surface area contributed by atoms with Gasteiger partial charge in [0.25, 0.3) is 0 Å². The zero-order valence-corrected chi connectivity index (χ0v) is 11.6. The van der Waals surface area contributed by atoms with Gasteiger partial charge >= 0.3 is 0 Å². The molecule has 0 radical (unpaired) electrons. The average Bonchev–Trinajstić information content (AvgIpc) is 2.83. The fraction of sp³-hybridized carbons (Fsp3) is 0.0625. The Labute approximate surface area is 120 Å². The first kappa shape index (κ1) is 12.8. The molecular formula is C16H12ClNO2. The van der Waals surface area contributed by atoms with Crippen LogP contribution in [0.1, 0.15) is 21.7 Å². The Hall–Kier alpha value is -2.26. The molecule has 0 atom stereocenters. The number of furan rings is 1. The van der Waals surface area contributed by atoms with E-state index in [0.29, 0.717) is 21.9 Å². The number of hydrogen-bond acceptors (Lipinski definition) is 3. The van der Waals surface area contributed by atoms with E-state index in [1.165, 1.54) is 0 Å². The van der Waals surface area contributed by atoms with Crippen LogP contribution in [0.15, 0.2) is 46.9 Å². The van der Waals surface area contributed by atoms with Gasteiger partial charge < -0.3 is 10.2 Å². The first-order valence-corrected chi connectivity index (χ1v) is 6.52. The number of aryl methyl sites for hydroxylation is 1. The van der Waals surface area contributed by atoms with E-state index in [1.807, 2.05) is 13.0 Å². The molecule has 0 aliphatic heterocycles. The minimum atomic E-state index is -0.224. The lowest BCUT2D eigenvalue weighted by Crippen LogP contribution is -2.04. The highest BCUT2D eigenvalue weighted by atomic mass is 35.5. The van der Waals surface area contributed by atoms with Crippen molar-refractivity contribution in [2.75, 3.05) is 5.73 Å². The molecule has 0 aliphatic rings. The second-order valence-corrected chi connectivity index (χ2v) is 5.15. The Morgan fingerprint density at radius 2 is 1.95 bits per heavy atom. The summed E-state index contributed by atoms with van der Waals surface area (Å²) in [4.78, 5) is 12.5. The van der Waals surface area contributed by atoms with Crippen LogP contribution < -0.4 is 5.73 Å². The quantitative estimate of drug-likeness (QED) is 0.567. The van der Waals surface area contributed by atoms with Gasteiger partial charge in [0.1, 0.15) is 5.58 Å². The Bertz CT molecular complexity index is 820. The molecule has 0 saturated heterocycles. The maximum absolute atomic E-state index is 12.5. The summed E-state index contributed by atoms with van der Waals surface area (Å²) in [6.07, 6.45) is 0. The van der Waals surface area contributed by atoms with E-state index in [4.69, 9.17) is 21.8 Å². The lowest BCUT2D eigenvalue weighted by Gasteiger charge is -2.03. The number of carbonyl (C=O) groups is 1. The number of benzene rings is 2. The molecule has 0 fully saturated rings. The SMILES string of the molecule is Cc1ccc(N)c(C(=O)c2cc3cc(Cl)ccc3o2)c1. The Morgan fingerprint density at radius 1 is 1.15 bits per heavy atom. The highest BCUT2D eigenvalue weighted by Crippen LogP contribution is 2.26. The van der Waals surface area contributed by atoms with E-state index < -0.39 is 0 Å². The molecule has 3 aromatic rings. The van der Waals surface area contributed by atoms with Crippen LogP contribution in [-0.2, 0) is 0 Å². The van der Waals surface area contributed by atoms with Crippen molar-refractivity contribution in [1.29, 1.82) is 0 Å². The van der Waals surface area contributed by atoms with E-state index in [9.17, 15) is 4.79 Å². The number of hydrogen-bond donors (Lipinski definition) is 1. The van der Waals surface area contributed by atoms with Crippen molar-refractivity contribution in [2.45, 2.75) is 6.92 Å². The average molecular weight is 286 g/mol. The molecular weight excluding hydrogens is 274 g/mol. The van der Waals surface area contributed by atoms with Gasteiger partial charge in [0.15, 0.2) is 5.76 Å². The third kappa shape index (κ3) is 2.17. The van der Waals surface area contributed by atoms with E-state index in [0.717, 1.165) is 10.9 Å². The van der Waals surface area contributed by atoms with Gasteiger partial charge in [-0.05, 0) is 43.3 Å². The van der Waals surface area contributed by atoms with Crippen LogP contribution in [0.2, 0.25) is 5.02 Å². The lowest BCUT2D eigenvalue weighted by molar-refractivity contribution is 0.101. The minimum absolute atomic E-state index is 0.224. The number of carbonyl (C=O) groups excluding carboxylic acids is 1. The van der Waals surface area contributed by atoms with Gasteiger partial charge in [-0.3, -0.25) is 4.79 Å². The third-order valence-electron chi connectivity index (χ3n) is 3.16. The first-order valence-electron chi connectivity index (χ1n) is 6.14. The predicted octanol–water partition coefficient (Wildman–Crippen LogP) is 4.21. The van der Waals surface area contributed by atoms with Crippen molar-refractivity contribution in [3.05, 3.63) is 64.4 Å². The van der Waals surface area contributed by atoms with Crippen molar-refractivity contribution < 1.29 is 9.21 Å². The molecule has 0 aliphatic carbocycles. The molecule has 2 aromatic carbocycles. The van der Waals surface area contributed by atoms with Crippen LogP contribution in [0.3, 0.4) is 0 Å². The van der Waals surface area contributed by atoms with Gasteiger partial charge in [0.05, 0.1) is 0 Å². The lowest BCUT2D eigenvalue weighted by atomic mass is 10.0. The monoisotopic (exact) mass is 285 g/mol. The smallest absolute Gasteiger partial charge is 0.230 e. The zero-order valence-electron chi connectivity index (χ0n) is 10.8. The number of fused-ring (bicyclic) bond motifs is 1. The largest absolute Gasteiger partial charge is 0.453 e. The Balaban J connectivity index is 2.10. The Morgan fingerprint density at radius 3 is 2.75 bits per heavy atom. The van der Waals surface area contributed by atoms with Crippen LogP contribution in [0.25, 0.3) is 11.0 Å². The van der Waals surface area contributed by atoms with Crippen LogP contribution in [0.5, 0.6) is 0 Å². The zero-order chi connectivity index (χ0) is 14.3. The maximum atomic E-state index is 12.5. The van der Waals surface area contributed by atoms with Gasteiger partial charge in [0.2, 0.25) is 5.78 Å². The van der Waals surface area contributed by atoms with Gasteiger partial charge in [-0.15, -0.1) is 0 Å². The maximum Gasteiger partial charge on any atom is 0.230 e. The molecule has 0 spiro atoms. The molecule has 0 saturated carbocycles. The van der Waals surface area contributed by atoms with E-state index in [2.05, 4.69) is 0 Å². The van der Waals surface area contributed by atoms with Gasteiger partial charge in [0, 0.05) is 21.7 Å². The predicted molar refractivity (Wildman–Crippen MR) is 80.2 cm³/mol. The number of rotatable bonds is 2. The highest BCUT2D eigenvalue weighted by molar-refractivity contribution is 6.31. The van der Waals surface area contributed by atoms with Crippen molar-refractivity contribution in [1.82, 2.24) is 0 Å². The summed E-state index contributed by atoms with van der Waals surface area (Å²) in [7, 11) is 0. The molecule has 0 amide bonds. The fourth-order valence-electron chi connectivity index (χ4n) is 2.13. The molecule has 2 N–H and O–H groups in total. The summed E-state index contributed by atoms with van der Waals surface area (Å²) in [5.41, 5.74) is 8.36. The summed E-state index contributed by atoms with van der Waals surface area (Å²) < 4.78 is 5.57. The summed E-state index contributed by atoms with van der Waals surface area (Å²) in [5.74, 6) is 0.0399. The van der Waals surface area contributed by atoms with Crippen LogP contribution in [0, 0.1) is 6.92 Å². The van der Waals surface area contributed by atoms with Crippen molar-refractivity contribution in [3.63, 3.8) is 0 Å². The van der Waals surface area contributed by atoms with E-state index >= 15 is 0 Å². The van der Waals surface area contributed by atoms with Gasteiger partial charge in [-0.2, -0.15) is 0 Å². The topological polar surface area (TPSA) is 56.2 Å². The van der Waals surface area contributed by atoms with Crippen LogP contribution >= 0.6 is 11.6 Å². The van der Waals surface area contributed by atoms with Crippen LogP contribution in [0.4, 0.5) is 5.69 Å². The highest BCUT2D eigenvalue weighted by Gasteiger charge is 2.17. The molecule has 20 heavy (non-hydrogen) atoms. The van der Waals surface area contributed by atoms with E-state index in [1.54, 1.807) is 36.4 Å². The van der Waals surface area contributed by atoms with Gasteiger partial charge in [-0.1, -0.05) is 23.2 Å². The molecule has 0 bridgehead atoms. The number of anilines is 1. The second-order valence-electron chi connectivity index (χ2n) is 4.71. The number of ketones is 1.